The van der Waals surface area contributed by atoms with Crippen molar-refractivity contribution >= 4 is 45.7 Å². The first-order valence-corrected chi connectivity index (χ1v) is 10.9. The second-order valence-electron chi connectivity index (χ2n) is 6.27. The van der Waals surface area contributed by atoms with E-state index in [1.165, 1.54) is 28.0 Å². The number of thioether (sulfide) groups is 1. The molecule has 1 aliphatic heterocycles. The molecule has 1 aliphatic rings. The summed E-state index contributed by atoms with van der Waals surface area (Å²) in [6.45, 7) is 0.519. The van der Waals surface area contributed by atoms with Gasteiger partial charge in [0.05, 0.1) is 5.75 Å². The van der Waals surface area contributed by atoms with Crippen LogP contribution in [-0.2, 0) is 9.59 Å². The van der Waals surface area contributed by atoms with Crippen molar-refractivity contribution < 1.29 is 14.3 Å². The van der Waals surface area contributed by atoms with E-state index in [0.29, 0.717) is 22.4 Å². The fourth-order valence-corrected chi connectivity index (χ4v) is 4.43. The maximum atomic E-state index is 12.1. The van der Waals surface area contributed by atoms with E-state index in [1.807, 2.05) is 54.6 Å². The number of hydrogen-bond acceptors (Lipinski definition) is 8. The fourth-order valence-electron chi connectivity index (χ4n) is 2.79. The van der Waals surface area contributed by atoms with Gasteiger partial charge in [-0.1, -0.05) is 41.3 Å². The summed E-state index contributed by atoms with van der Waals surface area (Å²) in [5.41, 5.74) is 0.858. The summed E-state index contributed by atoms with van der Waals surface area (Å²) in [5.74, 6) is 1.45. The minimum atomic E-state index is -0.170. The molecule has 1 aromatic heterocycles. The first-order valence-electron chi connectivity index (χ1n) is 9.07. The summed E-state index contributed by atoms with van der Waals surface area (Å²) < 4.78 is 6.45. The summed E-state index contributed by atoms with van der Waals surface area (Å²) in [6, 6.07) is 17.1. The van der Waals surface area contributed by atoms with Crippen LogP contribution in [0.4, 0.5) is 10.8 Å². The second kappa shape index (κ2) is 9.06. The Balaban J connectivity index is 1.29. The van der Waals surface area contributed by atoms with E-state index in [-0.39, 0.29) is 17.6 Å². The van der Waals surface area contributed by atoms with Gasteiger partial charge in [0.15, 0.2) is 4.34 Å². The summed E-state index contributed by atoms with van der Waals surface area (Å²) in [5, 5.41) is 12.0. The SMILES string of the molecule is O=C1CCCN1C(=O)CSc1nnc(Nc2ccc(Oc3ccccc3)cc2)s1. The number of rotatable bonds is 7. The molecule has 0 aliphatic carbocycles. The number of nitrogens with zero attached hydrogens (tertiary/aromatic N) is 3. The monoisotopic (exact) mass is 426 g/mol. The first-order chi connectivity index (χ1) is 14.2. The van der Waals surface area contributed by atoms with Crippen molar-refractivity contribution in [2.75, 3.05) is 17.6 Å². The summed E-state index contributed by atoms with van der Waals surface area (Å²) >= 11 is 2.66. The van der Waals surface area contributed by atoms with Crippen LogP contribution in [0.3, 0.4) is 0 Å². The number of nitrogens with one attached hydrogen (secondary N) is 1. The van der Waals surface area contributed by atoms with Crippen LogP contribution in [0.1, 0.15) is 12.8 Å². The van der Waals surface area contributed by atoms with Gasteiger partial charge in [0.2, 0.25) is 16.9 Å². The Labute approximate surface area is 176 Å². The van der Waals surface area contributed by atoms with Crippen molar-refractivity contribution in [1.29, 1.82) is 0 Å². The smallest absolute Gasteiger partial charge is 0.239 e. The topological polar surface area (TPSA) is 84.4 Å². The minimum Gasteiger partial charge on any atom is -0.457 e. The van der Waals surface area contributed by atoms with Gasteiger partial charge in [-0.05, 0) is 42.8 Å². The lowest BCUT2D eigenvalue weighted by Gasteiger charge is -2.11. The summed E-state index contributed by atoms with van der Waals surface area (Å²) in [7, 11) is 0. The number of benzene rings is 2. The third-order valence-corrected chi connectivity index (χ3v) is 6.14. The lowest BCUT2D eigenvalue weighted by molar-refractivity contribution is -0.140. The normalized spacial score (nSPS) is 13.5. The Morgan fingerprint density at radius 1 is 1.10 bits per heavy atom. The molecule has 0 atom stereocenters. The van der Waals surface area contributed by atoms with Gasteiger partial charge >= 0.3 is 0 Å². The predicted molar refractivity (Wildman–Crippen MR) is 113 cm³/mol. The quantitative estimate of drug-likeness (QED) is 0.563. The van der Waals surface area contributed by atoms with Crippen molar-refractivity contribution in [3.05, 3.63) is 54.6 Å². The molecule has 7 nitrogen and oxygen atoms in total. The zero-order valence-corrected chi connectivity index (χ0v) is 17.0. The van der Waals surface area contributed by atoms with Crippen LogP contribution < -0.4 is 10.1 Å². The molecule has 9 heteroatoms. The highest BCUT2D eigenvalue weighted by atomic mass is 32.2. The van der Waals surface area contributed by atoms with Gasteiger partial charge in [-0.15, -0.1) is 10.2 Å². The van der Waals surface area contributed by atoms with Crippen LogP contribution in [0.15, 0.2) is 58.9 Å². The van der Waals surface area contributed by atoms with Crippen molar-refractivity contribution in [2.45, 2.75) is 17.2 Å². The molecule has 2 heterocycles. The molecule has 1 fully saturated rings. The van der Waals surface area contributed by atoms with Crippen LogP contribution in [0.2, 0.25) is 0 Å². The summed E-state index contributed by atoms with van der Waals surface area (Å²) in [4.78, 5) is 25.0. The lowest BCUT2D eigenvalue weighted by Crippen LogP contribution is -2.33. The number of para-hydroxylation sites is 1. The Kier molecular flexibility index (Phi) is 6.06. The van der Waals surface area contributed by atoms with Gasteiger partial charge < -0.3 is 10.1 Å². The van der Waals surface area contributed by atoms with E-state index in [4.69, 9.17) is 4.74 Å². The largest absolute Gasteiger partial charge is 0.457 e. The van der Waals surface area contributed by atoms with Gasteiger partial charge in [0.1, 0.15) is 11.5 Å². The number of ether oxygens (including phenoxy) is 1. The number of carbonyl (C=O) groups excluding carboxylic acids is 2. The number of anilines is 2. The molecule has 0 unspecified atom stereocenters. The highest BCUT2D eigenvalue weighted by molar-refractivity contribution is 8.01. The Hall–Kier alpha value is -2.91. The van der Waals surface area contributed by atoms with Crippen LogP contribution >= 0.6 is 23.1 Å². The maximum absolute atomic E-state index is 12.1. The zero-order chi connectivity index (χ0) is 20.1. The van der Waals surface area contributed by atoms with E-state index < -0.39 is 0 Å². The molecule has 0 saturated carbocycles. The number of amides is 2. The average molecular weight is 427 g/mol. The molecule has 1 saturated heterocycles. The van der Waals surface area contributed by atoms with E-state index in [1.54, 1.807) is 0 Å². The molecule has 0 spiro atoms. The first kappa shape index (κ1) is 19.4. The van der Waals surface area contributed by atoms with Crippen LogP contribution in [0.5, 0.6) is 11.5 Å². The number of hydrogen-bond donors (Lipinski definition) is 1. The van der Waals surface area contributed by atoms with E-state index in [2.05, 4.69) is 15.5 Å². The van der Waals surface area contributed by atoms with Gasteiger partial charge in [-0.25, -0.2) is 0 Å². The molecule has 3 aromatic rings. The Morgan fingerprint density at radius 2 is 1.86 bits per heavy atom. The van der Waals surface area contributed by atoms with E-state index >= 15 is 0 Å². The molecular formula is C20H18N4O3S2. The third-order valence-electron chi connectivity index (χ3n) is 4.18. The molecule has 4 rings (SSSR count). The molecule has 148 valence electrons. The number of likely N-dealkylation sites (tertiary alicyclic amines) is 1. The number of aromatic nitrogens is 2. The average Bonchev–Trinajstić information content (AvgIpc) is 3.37. The van der Waals surface area contributed by atoms with Crippen LogP contribution in [-0.4, -0.2) is 39.2 Å². The molecule has 2 aromatic carbocycles. The Morgan fingerprint density at radius 3 is 2.59 bits per heavy atom. The van der Waals surface area contributed by atoms with Crippen molar-refractivity contribution in [3.63, 3.8) is 0 Å². The lowest BCUT2D eigenvalue weighted by atomic mass is 10.3. The molecule has 2 amide bonds. The predicted octanol–water partition coefficient (Wildman–Crippen LogP) is 4.32. The van der Waals surface area contributed by atoms with E-state index in [9.17, 15) is 9.59 Å². The van der Waals surface area contributed by atoms with Gasteiger partial charge in [-0.2, -0.15) is 0 Å². The summed E-state index contributed by atoms with van der Waals surface area (Å²) in [6.07, 6.45) is 1.20. The molecule has 0 bridgehead atoms. The van der Waals surface area contributed by atoms with Gasteiger partial charge in [0, 0.05) is 18.7 Å². The standard InChI is InChI=1S/C20H18N4O3S2/c25-17-7-4-12-24(17)18(26)13-28-20-23-22-19(29-20)21-14-8-10-16(11-9-14)27-15-5-2-1-3-6-15/h1-3,5-6,8-11H,4,7,12-13H2,(H,21,22). The van der Waals surface area contributed by atoms with Crippen LogP contribution in [0.25, 0.3) is 0 Å². The fraction of sp³-hybridized carbons (Fsp3) is 0.200. The van der Waals surface area contributed by atoms with Crippen molar-refractivity contribution in [3.8, 4) is 11.5 Å². The maximum Gasteiger partial charge on any atom is 0.239 e. The van der Waals surface area contributed by atoms with E-state index in [0.717, 1.165) is 23.6 Å². The number of imide groups is 1. The molecule has 1 N–H and O–H groups in total. The highest BCUT2D eigenvalue weighted by Gasteiger charge is 2.26. The van der Waals surface area contributed by atoms with Gasteiger partial charge in [0.25, 0.3) is 0 Å². The highest BCUT2D eigenvalue weighted by Crippen LogP contribution is 2.29. The minimum absolute atomic E-state index is 0.0880. The number of carbonyl (C=O) groups is 2. The van der Waals surface area contributed by atoms with Crippen LogP contribution in [0, 0.1) is 0 Å². The molecule has 0 radical (unpaired) electrons. The zero-order valence-electron chi connectivity index (χ0n) is 15.4. The second-order valence-corrected chi connectivity index (χ2v) is 8.47. The molecular weight excluding hydrogens is 408 g/mol. The third kappa shape index (κ3) is 5.12. The van der Waals surface area contributed by atoms with Crippen molar-refractivity contribution in [2.24, 2.45) is 0 Å². The Bertz CT molecular complexity index is 992. The van der Waals surface area contributed by atoms with Crippen molar-refractivity contribution in [1.82, 2.24) is 15.1 Å². The van der Waals surface area contributed by atoms with Gasteiger partial charge in [-0.3, -0.25) is 14.5 Å². The molecule has 29 heavy (non-hydrogen) atoms.